The molecule has 36 heavy (non-hydrogen) atoms. The van der Waals surface area contributed by atoms with Crippen LogP contribution >= 0.6 is 0 Å². The molecule has 0 saturated carbocycles. The Morgan fingerprint density at radius 3 is 2.11 bits per heavy atom. The van der Waals surface area contributed by atoms with Gasteiger partial charge in [-0.3, -0.25) is 4.90 Å². The SMILES string of the molecule is O=C(OCc1ccccc1)N1C[C@H](OC2CCCCO2)C[C@H]1C(O)(c1ccccc1)c1ccccc1. The van der Waals surface area contributed by atoms with Gasteiger partial charge in [-0.05, 0) is 42.4 Å². The van der Waals surface area contributed by atoms with Crippen molar-refractivity contribution < 1.29 is 24.1 Å². The molecule has 2 saturated heterocycles. The first kappa shape index (κ1) is 24.5. The van der Waals surface area contributed by atoms with Crippen molar-refractivity contribution in [3.05, 3.63) is 108 Å². The zero-order valence-corrected chi connectivity index (χ0v) is 20.4. The number of aliphatic hydroxyl groups is 1. The third kappa shape index (κ3) is 5.31. The maximum atomic E-state index is 13.5. The van der Waals surface area contributed by atoms with Crippen LogP contribution in [0.1, 0.15) is 42.4 Å². The Morgan fingerprint density at radius 2 is 1.53 bits per heavy atom. The van der Waals surface area contributed by atoms with Crippen molar-refractivity contribution >= 4 is 6.09 Å². The molecule has 3 aromatic rings. The molecule has 188 valence electrons. The first-order valence-electron chi connectivity index (χ1n) is 12.7. The van der Waals surface area contributed by atoms with Crippen LogP contribution in [0.15, 0.2) is 91.0 Å². The topological polar surface area (TPSA) is 68.2 Å². The summed E-state index contributed by atoms with van der Waals surface area (Å²) < 4.78 is 17.9. The molecule has 3 atom stereocenters. The van der Waals surface area contributed by atoms with E-state index in [9.17, 15) is 9.90 Å². The molecule has 3 aromatic carbocycles. The fourth-order valence-corrected chi connectivity index (χ4v) is 5.27. The van der Waals surface area contributed by atoms with E-state index in [1.165, 1.54) is 0 Å². The fraction of sp³-hybridized carbons (Fsp3) is 0.367. The standard InChI is InChI=1S/C30H33NO5/c32-29(35-22-23-12-4-1-5-13-23)31-21-26(36-28-18-10-11-19-34-28)20-27(31)30(33,24-14-6-2-7-15-24)25-16-8-3-9-17-25/h1-9,12-17,26-28,33H,10-11,18-22H2/t26-,27+,28?/m1/s1. The van der Waals surface area contributed by atoms with Crippen LogP contribution in [-0.4, -0.2) is 47.7 Å². The van der Waals surface area contributed by atoms with Gasteiger partial charge in [0.25, 0.3) is 0 Å². The molecule has 2 fully saturated rings. The Morgan fingerprint density at radius 1 is 0.917 bits per heavy atom. The fourth-order valence-electron chi connectivity index (χ4n) is 5.27. The Bertz CT molecular complexity index is 1060. The lowest BCUT2D eigenvalue weighted by atomic mass is 9.79. The van der Waals surface area contributed by atoms with E-state index in [4.69, 9.17) is 14.2 Å². The summed E-state index contributed by atoms with van der Waals surface area (Å²) in [7, 11) is 0. The van der Waals surface area contributed by atoms with E-state index in [1.807, 2.05) is 91.0 Å². The van der Waals surface area contributed by atoms with Gasteiger partial charge in [-0.1, -0.05) is 91.0 Å². The molecule has 2 aliphatic rings. The highest BCUT2D eigenvalue weighted by Crippen LogP contribution is 2.41. The molecule has 2 aliphatic heterocycles. The van der Waals surface area contributed by atoms with Crippen molar-refractivity contribution in [3.8, 4) is 0 Å². The summed E-state index contributed by atoms with van der Waals surface area (Å²) in [5.74, 6) is 0. The van der Waals surface area contributed by atoms with Crippen LogP contribution in [-0.2, 0) is 26.4 Å². The molecule has 6 nitrogen and oxygen atoms in total. The van der Waals surface area contributed by atoms with Gasteiger partial charge in [0, 0.05) is 6.61 Å². The van der Waals surface area contributed by atoms with Crippen LogP contribution < -0.4 is 0 Å². The first-order valence-corrected chi connectivity index (χ1v) is 12.7. The summed E-state index contributed by atoms with van der Waals surface area (Å²) in [6, 6.07) is 28.1. The average Bonchev–Trinajstić information content (AvgIpc) is 3.37. The van der Waals surface area contributed by atoms with Gasteiger partial charge >= 0.3 is 6.09 Å². The Kier molecular flexibility index (Phi) is 7.66. The van der Waals surface area contributed by atoms with E-state index in [0.717, 1.165) is 36.0 Å². The summed E-state index contributed by atoms with van der Waals surface area (Å²) in [5.41, 5.74) is 0.902. The minimum Gasteiger partial charge on any atom is -0.445 e. The molecular weight excluding hydrogens is 454 g/mol. The molecule has 0 spiro atoms. The highest BCUT2D eigenvalue weighted by atomic mass is 16.7. The van der Waals surface area contributed by atoms with Crippen LogP contribution in [0.3, 0.4) is 0 Å². The molecule has 0 radical (unpaired) electrons. The van der Waals surface area contributed by atoms with Gasteiger partial charge < -0.3 is 19.3 Å². The molecule has 5 rings (SSSR count). The van der Waals surface area contributed by atoms with E-state index in [1.54, 1.807) is 4.90 Å². The predicted molar refractivity (Wildman–Crippen MR) is 136 cm³/mol. The second-order valence-corrected chi connectivity index (χ2v) is 9.50. The molecule has 6 heteroatoms. The Labute approximate surface area is 212 Å². The Balaban J connectivity index is 1.45. The second kappa shape index (κ2) is 11.2. The van der Waals surface area contributed by atoms with Crippen LogP contribution in [0.4, 0.5) is 4.79 Å². The van der Waals surface area contributed by atoms with E-state index >= 15 is 0 Å². The number of benzene rings is 3. The van der Waals surface area contributed by atoms with Crippen molar-refractivity contribution in [1.29, 1.82) is 0 Å². The highest BCUT2D eigenvalue weighted by molar-refractivity contribution is 5.69. The van der Waals surface area contributed by atoms with Gasteiger partial charge in [0.15, 0.2) is 6.29 Å². The Hall–Kier alpha value is -3.19. The number of likely N-dealkylation sites (tertiary alicyclic amines) is 1. The lowest BCUT2D eigenvalue weighted by molar-refractivity contribution is -0.185. The van der Waals surface area contributed by atoms with Gasteiger partial charge in [0.05, 0.1) is 18.7 Å². The quantitative estimate of drug-likeness (QED) is 0.493. The number of amides is 1. The minimum atomic E-state index is -1.44. The number of hydrogen-bond donors (Lipinski definition) is 1. The van der Waals surface area contributed by atoms with E-state index in [-0.39, 0.29) is 19.0 Å². The summed E-state index contributed by atoms with van der Waals surface area (Å²) >= 11 is 0. The van der Waals surface area contributed by atoms with Gasteiger partial charge in [-0.2, -0.15) is 0 Å². The summed E-state index contributed by atoms with van der Waals surface area (Å²) in [5, 5.41) is 12.4. The molecule has 0 bridgehead atoms. The maximum Gasteiger partial charge on any atom is 0.410 e. The van der Waals surface area contributed by atoms with E-state index < -0.39 is 17.7 Å². The largest absolute Gasteiger partial charge is 0.445 e. The molecule has 1 N–H and O–H groups in total. The minimum absolute atomic E-state index is 0.162. The molecular formula is C30H33NO5. The third-order valence-corrected chi connectivity index (χ3v) is 7.09. The van der Waals surface area contributed by atoms with Crippen molar-refractivity contribution in [2.75, 3.05) is 13.2 Å². The number of carbonyl (C=O) groups excluding carboxylic acids is 1. The number of hydrogen-bond acceptors (Lipinski definition) is 5. The highest BCUT2D eigenvalue weighted by Gasteiger charge is 2.51. The molecule has 2 heterocycles. The summed E-state index contributed by atoms with van der Waals surface area (Å²) in [6.07, 6.45) is 2.36. The molecule has 0 aromatic heterocycles. The van der Waals surface area contributed by atoms with Crippen molar-refractivity contribution in [2.45, 2.75) is 56.3 Å². The molecule has 1 unspecified atom stereocenters. The van der Waals surface area contributed by atoms with Crippen molar-refractivity contribution in [3.63, 3.8) is 0 Å². The van der Waals surface area contributed by atoms with Gasteiger partial charge in [0.2, 0.25) is 0 Å². The lowest BCUT2D eigenvalue weighted by Crippen LogP contribution is -2.50. The van der Waals surface area contributed by atoms with Crippen molar-refractivity contribution in [1.82, 2.24) is 4.90 Å². The second-order valence-electron chi connectivity index (χ2n) is 9.50. The van der Waals surface area contributed by atoms with Crippen LogP contribution in [0.5, 0.6) is 0 Å². The predicted octanol–water partition coefficient (Wildman–Crippen LogP) is 5.25. The van der Waals surface area contributed by atoms with Gasteiger partial charge in [0.1, 0.15) is 12.2 Å². The summed E-state index contributed by atoms with van der Waals surface area (Å²) in [6.45, 7) is 1.16. The van der Waals surface area contributed by atoms with Gasteiger partial charge in [-0.15, -0.1) is 0 Å². The summed E-state index contributed by atoms with van der Waals surface area (Å²) in [4.78, 5) is 15.1. The van der Waals surface area contributed by atoms with Gasteiger partial charge in [-0.25, -0.2) is 4.79 Å². The van der Waals surface area contributed by atoms with E-state index in [0.29, 0.717) is 19.6 Å². The van der Waals surface area contributed by atoms with E-state index in [2.05, 4.69) is 0 Å². The number of nitrogens with zero attached hydrogens (tertiary/aromatic N) is 1. The van der Waals surface area contributed by atoms with Crippen LogP contribution in [0.25, 0.3) is 0 Å². The smallest absolute Gasteiger partial charge is 0.410 e. The maximum absolute atomic E-state index is 13.5. The average molecular weight is 488 g/mol. The number of rotatable bonds is 7. The van der Waals surface area contributed by atoms with Crippen LogP contribution in [0, 0.1) is 0 Å². The van der Waals surface area contributed by atoms with Crippen molar-refractivity contribution in [2.24, 2.45) is 0 Å². The normalized spacial score (nSPS) is 22.4. The monoisotopic (exact) mass is 487 g/mol. The molecule has 0 aliphatic carbocycles. The number of ether oxygens (including phenoxy) is 3. The zero-order chi connectivity index (χ0) is 24.8. The zero-order valence-electron chi connectivity index (χ0n) is 20.4. The first-order chi connectivity index (χ1) is 17.6. The third-order valence-electron chi connectivity index (χ3n) is 7.09. The lowest BCUT2D eigenvalue weighted by Gasteiger charge is -2.39. The molecule has 1 amide bonds. The number of carbonyl (C=O) groups is 1. The van der Waals surface area contributed by atoms with Crippen LogP contribution in [0.2, 0.25) is 0 Å².